The number of para-hydroxylation sites is 4. The van der Waals surface area contributed by atoms with Gasteiger partial charge in [0.05, 0.1) is 16.7 Å². The van der Waals surface area contributed by atoms with Crippen molar-refractivity contribution in [3.8, 4) is 39.1 Å². The van der Waals surface area contributed by atoms with Gasteiger partial charge in [0, 0.05) is 49.7 Å². The van der Waals surface area contributed by atoms with Gasteiger partial charge in [-0.15, -0.1) is 0 Å². The molecule has 9 aromatic carbocycles. The zero-order valence-electron chi connectivity index (χ0n) is 31.1. The van der Waals surface area contributed by atoms with Gasteiger partial charge in [-0.3, -0.25) is 0 Å². The minimum Gasteiger partial charge on any atom is -0.455 e. The van der Waals surface area contributed by atoms with Crippen molar-refractivity contribution in [3.63, 3.8) is 0 Å². The summed E-state index contributed by atoms with van der Waals surface area (Å²) in [6.45, 7) is 0. The van der Waals surface area contributed by atoms with Crippen LogP contribution in [0.5, 0.6) is 0 Å². The summed E-state index contributed by atoms with van der Waals surface area (Å²) < 4.78 is 9.25. The first-order chi connectivity index (χ1) is 28.3. The maximum atomic E-state index is 6.85. The highest BCUT2D eigenvalue weighted by atomic mass is 16.3. The van der Waals surface area contributed by atoms with Crippen molar-refractivity contribution >= 4 is 60.8 Å². The average Bonchev–Trinajstić information content (AvgIpc) is 3.83. The maximum absolute atomic E-state index is 6.85. The van der Waals surface area contributed by atoms with Gasteiger partial charge in [-0.05, 0) is 82.9 Å². The zero-order valence-corrected chi connectivity index (χ0v) is 31.1. The van der Waals surface area contributed by atoms with E-state index in [4.69, 9.17) is 4.42 Å². The van der Waals surface area contributed by atoms with Crippen LogP contribution in [-0.2, 0) is 0 Å². The molecule has 0 spiro atoms. The minimum absolute atomic E-state index is 0.866. The lowest BCUT2D eigenvalue weighted by atomic mass is 9.98. The summed E-state index contributed by atoms with van der Waals surface area (Å²) in [6.07, 6.45) is 0. The van der Waals surface area contributed by atoms with Gasteiger partial charge in [0.1, 0.15) is 11.2 Å². The maximum Gasteiger partial charge on any atom is 0.143 e. The summed E-state index contributed by atoms with van der Waals surface area (Å²) in [5, 5.41) is 4.62. The van der Waals surface area contributed by atoms with E-state index in [1.165, 1.54) is 38.5 Å². The minimum atomic E-state index is 0.866. The molecule has 0 N–H and O–H groups in total. The molecule has 2 aromatic heterocycles. The van der Waals surface area contributed by atoms with Gasteiger partial charge in [0.15, 0.2) is 0 Å². The van der Waals surface area contributed by atoms with E-state index in [0.717, 1.165) is 61.4 Å². The summed E-state index contributed by atoms with van der Waals surface area (Å²) in [6, 6.07) is 78.1. The Morgan fingerprint density at radius 1 is 0.333 bits per heavy atom. The molecule has 0 aliphatic carbocycles. The van der Waals surface area contributed by atoms with Gasteiger partial charge in [0.25, 0.3) is 0 Å². The Balaban J connectivity index is 1.18. The van der Waals surface area contributed by atoms with E-state index in [1.54, 1.807) is 0 Å². The lowest BCUT2D eigenvalue weighted by Crippen LogP contribution is -2.10. The number of fused-ring (bicyclic) bond motifs is 6. The summed E-state index contributed by atoms with van der Waals surface area (Å²) in [7, 11) is 0. The van der Waals surface area contributed by atoms with E-state index in [9.17, 15) is 0 Å². The van der Waals surface area contributed by atoms with Crippen LogP contribution in [0, 0.1) is 0 Å². The van der Waals surface area contributed by atoms with Gasteiger partial charge >= 0.3 is 0 Å². The summed E-state index contributed by atoms with van der Waals surface area (Å²) in [5.74, 6) is 0. The second kappa shape index (κ2) is 13.6. The van der Waals surface area contributed by atoms with E-state index < -0.39 is 0 Å². The SMILES string of the molecule is c1ccc(-c2ccc(N(c3cccc(-c4ccccc4)c3)c3cc(-c4ccccc4-n4c5ccccc5c5ccccc54)c4oc5ccccc5c4c3)cc2)cc1. The van der Waals surface area contributed by atoms with Crippen molar-refractivity contribution in [1.29, 1.82) is 0 Å². The molecular weight excluding hydrogens is 693 g/mol. The van der Waals surface area contributed by atoms with Crippen LogP contribution in [0.1, 0.15) is 0 Å². The van der Waals surface area contributed by atoms with Crippen LogP contribution in [0.4, 0.5) is 17.1 Å². The summed E-state index contributed by atoms with van der Waals surface area (Å²) in [4.78, 5) is 2.38. The number of anilines is 3. The molecule has 0 saturated heterocycles. The Morgan fingerprint density at radius 2 is 0.895 bits per heavy atom. The van der Waals surface area contributed by atoms with Crippen molar-refractivity contribution in [2.45, 2.75) is 0 Å². The van der Waals surface area contributed by atoms with E-state index in [-0.39, 0.29) is 0 Å². The number of hydrogen-bond donors (Lipinski definition) is 0. The van der Waals surface area contributed by atoms with E-state index in [1.807, 2.05) is 6.07 Å². The molecule has 11 aromatic rings. The molecule has 0 bridgehead atoms. The normalized spacial score (nSPS) is 11.5. The number of rotatable bonds is 7. The highest BCUT2D eigenvalue weighted by Gasteiger charge is 2.23. The van der Waals surface area contributed by atoms with Crippen LogP contribution in [-0.4, -0.2) is 4.57 Å². The van der Waals surface area contributed by atoms with Gasteiger partial charge in [-0.2, -0.15) is 0 Å². The second-order valence-electron chi connectivity index (χ2n) is 14.5. The number of furan rings is 1. The summed E-state index contributed by atoms with van der Waals surface area (Å²) >= 11 is 0. The third-order valence-electron chi connectivity index (χ3n) is 11.2. The molecule has 0 fully saturated rings. The summed E-state index contributed by atoms with van der Waals surface area (Å²) in [5.41, 5.74) is 15.2. The first-order valence-corrected chi connectivity index (χ1v) is 19.4. The highest BCUT2D eigenvalue weighted by Crippen LogP contribution is 2.46. The first kappa shape index (κ1) is 32.8. The average molecular weight is 729 g/mol. The van der Waals surface area contributed by atoms with Crippen LogP contribution in [0.2, 0.25) is 0 Å². The lowest BCUT2D eigenvalue weighted by molar-refractivity contribution is 0.670. The van der Waals surface area contributed by atoms with Gasteiger partial charge in [-0.25, -0.2) is 0 Å². The van der Waals surface area contributed by atoms with Crippen LogP contribution in [0.3, 0.4) is 0 Å². The molecule has 2 heterocycles. The van der Waals surface area contributed by atoms with Gasteiger partial charge < -0.3 is 13.9 Å². The fourth-order valence-electron chi connectivity index (χ4n) is 8.56. The second-order valence-corrected chi connectivity index (χ2v) is 14.5. The van der Waals surface area contributed by atoms with Crippen LogP contribution >= 0.6 is 0 Å². The van der Waals surface area contributed by atoms with Crippen molar-refractivity contribution in [2.75, 3.05) is 4.90 Å². The molecule has 0 aliphatic rings. The quantitative estimate of drug-likeness (QED) is 0.163. The van der Waals surface area contributed by atoms with Gasteiger partial charge in [-0.1, -0.05) is 158 Å². The Morgan fingerprint density at radius 3 is 1.61 bits per heavy atom. The number of aromatic nitrogens is 1. The Hall–Kier alpha value is -7.62. The predicted octanol–water partition coefficient (Wildman–Crippen LogP) is 15.2. The molecule has 0 unspecified atom stereocenters. The Bertz CT molecular complexity index is 3180. The van der Waals surface area contributed by atoms with Crippen molar-refractivity contribution in [3.05, 3.63) is 218 Å². The number of benzene rings is 9. The topological polar surface area (TPSA) is 21.3 Å². The first-order valence-electron chi connectivity index (χ1n) is 19.4. The predicted molar refractivity (Wildman–Crippen MR) is 239 cm³/mol. The third kappa shape index (κ3) is 5.60. The molecule has 0 aliphatic heterocycles. The molecule has 57 heavy (non-hydrogen) atoms. The Labute approximate surface area is 330 Å². The molecule has 0 amide bonds. The van der Waals surface area contributed by atoms with Crippen LogP contribution in [0.25, 0.3) is 82.8 Å². The standard InChI is InChI=1S/C54H36N2O/c1-3-16-37(17-4-1)39-30-32-41(33-31-39)55(42-21-15-20-40(34-42)38-18-5-2-6-19-38)43-35-48(54-49(36-43)47-25-10-14-29-53(47)57-54)46-24-9-13-28-52(46)56-50-26-11-7-22-44(50)45-23-8-12-27-51(45)56/h1-36H. The smallest absolute Gasteiger partial charge is 0.143 e. The van der Waals surface area contributed by atoms with Gasteiger partial charge in [0.2, 0.25) is 0 Å². The van der Waals surface area contributed by atoms with Crippen molar-refractivity contribution in [2.24, 2.45) is 0 Å². The fourth-order valence-corrected chi connectivity index (χ4v) is 8.56. The largest absolute Gasteiger partial charge is 0.455 e. The van der Waals surface area contributed by atoms with Crippen LogP contribution in [0.15, 0.2) is 223 Å². The highest BCUT2D eigenvalue weighted by molar-refractivity contribution is 6.13. The fraction of sp³-hybridized carbons (Fsp3) is 0. The molecule has 0 radical (unpaired) electrons. The Kier molecular flexibility index (Phi) is 7.82. The molecule has 3 heteroatoms. The zero-order chi connectivity index (χ0) is 37.7. The molecule has 11 rings (SSSR count). The van der Waals surface area contributed by atoms with Crippen LogP contribution < -0.4 is 4.90 Å². The molecule has 268 valence electrons. The molecule has 0 saturated carbocycles. The number of hydrogen-bond acceptors (Lipinski definition) is 2. The lowest BCUT2D eigenvalue weighted by Gasteiger charge is -2.27. The van der Waals surface area contributed by atoms with Crippen molar-refractivity contribution in [1.82, 2.24) is 4.57 Å². The molecule has 0 atom stereocenters. The van der Waals surface area contributed by atoms with E-state index in [2.05, 4.69) is 222 Å². The van der Waals surface area contributed by atoms with E-state index >= 15 is 0 Å². The molecular formula is C54H36N2O. The monoisotopic (exact) mass is 728 g/mol. The van der Waals surface area contributed by atoms with Crippen molar-refractivity contribution < 1.29 is 4.42 Å². The number of nitrogens with zero attached hydrogens (tertiary/aromatic N) is 2. The third-order valence-corrected chi connectivity index (χ3v) is 11.2. The molecule has 3 nitrogen and oxygen atoms in total. The van der Waals surface area contributed by atoms with E-state index in [0.29, 0.717) is 0 Å².